The molecule has 0 amide bonds. The summed E-state index contributed by atoms with van der Waals surface area (Å²) in [6.45, 7) is 4.59. The summed E-state index contributed by atoms with van der Waals surface area (Å²) in [6, 6.07) is 3.59. The molecular formula is C20H32N4O5. The fraction of sp³-hybridized carbons (Fsp3) is 0.700. The molecular weight excluding hydrogens is 376 g/mol. The van der Waals surface area contributed by atoms with Gasteiger partial charge < -0.3 is 30.2 Å². The third-order valence-corrected chi connectivity index (χ3v) is 5.42. The predicted molar refractivity (Wildman–Crippen MR) is 107 cm³/mol. The molecule has 0 saturated carbocycles. The van der Waals surface area contributed by atoms with Crippen molar-refractivity contribution in [3.05, 3.63) is 24.2 Å². The second-order valence-electron chi connectivity index (χ2n) is 7.38. The summed E-state index contributed by atoms with van der Waals surface area (Å²) in [7, 11) is 0. The average molecular weight is 408 g/mol. The van der Waals surface area contributed by atoms with Crippen LogP contribution in [0, 0.1) is 0 Å². The van der Waals surface area contributed by atoms with Gasteiger partial charge in [0.25, 0.3) is 0 Å². The lowest BCUT2D eigenvalue weighted by molar-refractivity contribution is -0.144. The highest BCUT2D eigenvalue weighted by Crippen LogP contribution is 2.43. The van der Waals surface area contributed by atoms with E-state index in [1.165, 1.54) is 6.33 Å². The van der Waals surface area contributed by atoms with E-state index in [-0.39, 0.29) is 13.2 Å². The van der Waals surface area contributed by atoms with Crippen LogP contribution >= 0.6 is 0 Å². The highest BCUT2D eigenvalue weighted by molar-refractivity contribution is 5.65. The topological polar surface area (TPSA) is 124 Å². The summed E-state index contributed by atoms with van der Waals surface area (Å²) in [5.41, 5.74) is 5.93. The molecule has 1 saturated heterocycles. The SMILES string of the molecule is CCCCO[C@H]1[C@@H](OCCCC)[C@](CO)(c2ccc3c(N)ncnn23)O[C@@H]1CO. The van der Waals surface area contributed by atoms with Crippen LogP contribution in [0.15, 0.2) is 18.5 Å². The zero-order valence-electron chi connectivity index (χ0n) is 17.2. The molecule has 9 nitrogen and oxygen atoms in total. The van der Waals surface area contributed by atoms with Gasteiger partial charge in [-0.3, -0.25) is 0 Å². The van der Waals surface area contributed by atoms with Gasteiger partial charge in [-0.2, -0.15) is 5.10 Å². The van der Waals surface area contributed by atoms with E-state index in [0.717, 1.165) is 25.7 Å². The van der Waals surface area contributed by atoms with E-state index >= 15 is 0 Å². The van der Waals surface area contributed by atoms with Crippen LogP contribution < -0.4 is 5.73 Å². The lowest BCUT2D eigenvalue weighted by atomic mass is 9.91. The Labute approximate surface area is 170 Å². The molecule has 0 spiro atoms. The first-order chi connectivity index (χ1) is 14.1. The van der Waals surface area contributed by atoms with E-state index in [1.54, 1.807) is 16.6 Å². The molecule has 3 heterocycles. The maximum atomic E-state index is 10.5. The third-order valence-electron chi connectivity index (χ3n) is 5.42. The van der Waals surface area contributed by atoms with Gasteiger partial charge in [0.2, 0.25) is 0 Å². The summed E-state index contributed by atoms with van der Waals surface area (Å²) < 4.78 is 20.2. The van der Waals surface area contributed by atoms with Gasteiger partial charge in [-0.05, 0) is 25.0 Å². The molecule has 0 bridgehead atoms. The maximum Gasteiger partial charge on any atom is 0.162 e. The molecule has 1 aliphatic rings. The number of nitrogens with two attached hydrogens (primary N) is 1. The summed E-state index contributed by atoms with van der Waals surface area (Å²) in [5.74, 6) is 0.329. The van der Waals surface area contributed by atoms with Gasteiger partial charge in [0.15, 0.2) is 11.4 Å². The van der Waals surface area contributed by atoms with Crippen molar-refractivity contribution in [1.29, 1.82) is 0 Å². The molecule has 1 fully saturated rings. The number of anilines is 1. The van der Waals surface area contributed by atoms with Crippen LogP contribution in [0.3, 0.4) is 0 Å². The molecule has 2 aromatic heterocycles. The smallest absolute Gasteiger partial charge is 0.162 e. The Balaban J connectivity index is 2.03. The van der Waals surface area contributed by atoms with Gasteiger partial charge in [0, 0.05) is 13.2 Å². The second-order valence-corrected chi connectivity index (χ2v) is 7.38. The van der Waals surface area contributed by atoms with Crippen LogP contribution in [-0.4, -0.2) is 69.6 Å². The van der Waals surface area contributed by atoms with Crippen molar-refractivity contribution in [3.8, 4) is 0 Å². The highest BCUT2D eigenvalue weighted by atomic mass is 16.6. The van der Waals surface area contributed by atoms with Crippen molar-refractivity contribution in [2.24, 2.45) is 0 Å². The van der Waals surface area contributed by atoms with E-state index in [1.807, 2.05) is 0 Å². The van der Waals surface area contributed by atoms with Gasteiger partial charge in [-0.25, -0.2) is 9.50 Å². The van der Waals surface area contributed by atoms with Gasteiger partial charge in [-0.15, -0.1) is 0 Å². The number of aromatic nitrogens is 3. The van der Waals surface area contributed by atoms with Crippen molar-refractivity contribution >= 4 is 11.3 Å². The summed E-state index contributed by atoms with van der Waals surface area (Å²) in [4.78, 5) is 4.02. The van der Waals surface area contributed by atoms with Crippen molar-refractivity contribution in [2.75, 3.05) is 32.2 Å². The maximum absolute atomic E-state index is 10.5. The van der Waals surface area contributed by atoms with E-state index < -0.39 is 23.9 Å². The summed E-state index contributed by atoms with van der Waals surface area (Å²) in [6.07, 6.45) is 3.33. The minimum atomic E-state index is -1.24. The molecule has 0 aliphatic carbocycles. The Bertz CT molecular complexity index is 785. The minimum Gasteiger partial charge on any atom is -0.394 e. The number of ether oxygens (including phenoxy) is 3. The fourth-order valence-electron chi connectivity index (χ4n) is 3.84. The Morgan fingerprint density at radius 3 is 2.55 bits per heavy atom. The molecule has 4 N–H and O–H groups in total. The number of hydrogen-bond donors (Lipinski definition) is 3. The van der Waals surface area contributed by atoms with Crippen molar-refractivity contribution in [2.45, 2.75) is 63.4 Å². The zero-order chi connectivity index (χ0) is 20.9. The normalized spacial score (nSPS) is 27.1. The number of hydrogen-bond acceptors (Lipinski definition) is 8. The fourth-order valence-corrected chi connectivity index (χ4v) is 3.84. The molecule has 0 radical (unpaired) electrons. The largest absolute Gasteiger partial charge is 0.394 e. The number of rotatable bonds is 11. The number of aliphatic hydroxyl groups excluding tert-OH is 2. The molecule has 2 aromatic rings. The lowest BCUT2D eigenvalue weighted by Crippen LogP contribution is -2.47. The molecule has 4 atom stereocenters. The first-order valence-corrected chi connectivity index (χ1v) is 10.3. The van der Waals surface area contributed by atoms with E-state index in [0.29, 0.717) is 30.2 Å². The second kappa shape index (κ2) is 9.82. The van der Waals surface area contributed by atoms with Crippen LogP contribution in [0.1, 0.15) is 45.2 Å². The van der Waals surface area contributed by atoms with Crippen LogP contribution in [0.2, 0.25) is 0 Å². The summed E-state index contributed by atoms with van der Waals surface area (Å²) >= 11 is 0. The molecule has 0 aromatic carbocycles. The van der Waals surface area contributed by atoms with Crippen LogP contribution in [0.25, 0.3) is 5.52 Å². The Kier molecular flexibility index (Phi) is 7.42. The number of unbranched alkanes of at least 4 members (excludes halogenated alkanes) is 2. The quantitative estimate of drug-likeness (QED) is 0.475. The van der Waals surface area contributed by atoms with Crippen molar-refractivity contribution in [3.63, 3.8) is 0 Å². The van der Waals surface area contributed by atoms with Crippen LogP contribution in [0.5, 0.6) is 0 Å². The van der Waals surface area contributed by atoms with Gasteiger partial charge in [-0.1, -0.05) is 26.7 Å². The van der Waals surface area contributed by atoms with Gasteiger partial charge in [0.05, 0.1) is 18.9 Å². The Morgan fingerprint density at radius 1 is 1.17 bits per heavy atom. The monoisotopic (exact) mass is 408 g/mol. The number of nitrogen functional groups attached to an aromatic ring is 1. The van der Waals surface area contributed by atoms with Gasteiger partial charge >= 0.3 is 0 Å². The van der Waals surface area contributed by atoms with E-state index in [2.05, 4.69) is 23.9 Å². The first kappa shape index (κ1) is 21.9. The van der Waals surface area contributed by atoms with E-state index in [4.69, 9.17) is 19.9 Å². The average Bonchev–Trinajstić information content (AvgIpc) is 3.30. The third kappa shape index (κ3) is 4.10. The molecule has 9 heteroatoms. The molecule has 162 valence electrons. The van der Waals surface area contributed by atoms with Crippen molar-refractivity contribution in [1.82, 2.24) is 14.6 Å². The van der Waals surface area contributed by atoms with E-state index in [9.17, 15) is 10.2 Å². The number of nitrogens with zero attached hydrogens (tertiary/aromatic N) is 3. The molecule has 1 aliphatic heterocycles. The zero-order valence-corrected chi connectivity index (χ0v) is 17.2. The highest BCUT2D eigenvalue weighted by Gasteiger charge is 2.58. The first-order valence-electron chi connectivity index (χ1n) is 10.3. The Morgan fingerprint density at radius 2 is 1.90 bits per heavy atom. The van der Waals surface area contributed by atoms with Gasteiger partial charge in [0.1, 0.15) is 30.2 Å². The summed E-state index contributed by atoms with van der Waals surface area (Å²) in [5, 5.41) is 24.8. The predicted octanol–water partition coefficient (Wildman–Crippen LogP) is 1.26. The molecule has 0 unspecified atom stereocenters. The molecule has 29 heavy (non-hydrogen) atoms. The molecule has 3 rings (SSSR count). The van der Waals surface area contributed by atoms with Crippen LogP contribution in [0.4, 0.5) is 5.82 Å². The Hall–Kier alpha value is -1.78. The standard InChI is InChI=1S/C20H32N4O5/c1-3-5-9-27-17-15(11-25)29-20(12-26,18(17)28-10-6-4-2)16-8-7-14-19(21)22-13-23-24(14)16/h7-8,13,15,17-18,25-26H,3-6,9-12H2,1-2H3,(H2,21,22,23)/t15-,17-,18-,20+/m1/s1. The lowest BCUT2D eigenvalue weighted by Gasteiger charge is -2.33. The number of aliphatic hydroxyl groups is 2. The van der Waals surface area contributed by atoms with Crippen molar-refractivity contribution < 1.29 is 24.4 Å². The number of fused-ring (bicyclic) bond motifs is 1. The van der Waals surface area contributed by atoms with Crippen LogP contribution in [-0.2, 0) is 19.8 Å². The minimum absolute atomic E-state index is 0.243.